The number of anilines is 1. The van der Waals surface area contributed by atoms with Gasteiger partial charge in [0.15, 0.2) is 5.69 Å². The van der Waals surface area contributed by atoms with Gasteiger partial charge in [0.1, 0.15) is 5.82 Å². The van der Waals surface area contributed by atoms with E-state index in [1.165, 1.54) is 12.1 Å². The van der Waals surface area contributed by atoms with Gasteiger partial charge in [-0.15, -0.1) is 0 Å². The Balaban J connectivity index is 2.24. The molecule has 0 saturated carbocycles. The lowest BCUT2D eigenvalue weighted by Gasteiger charge is -2.31. The Hall–Kier alpha value is -1.01. The molecule has 1 aromatic rings. The van der Waals surface area contributed by atoms with Crippen molar-refractivity contribution in [3.05, 3.63) is 22.8 Å². The maximum absolute atomic E-state index is 12.7. The number of nitrogens with zero attached hydrogens (tertiary/aromatic N) is 2. The lowest BCUT2D eigenvalue weighted by Crippen LogP contribution is -2.37. The first-order chi connectivity index (χ1) is 8.38. The van der Waals surface area contributed by atoms with Crippen LogP contribution in [0.4, 0.5) is 19.0 Å². The minimum absolute atomic E-state index is 0.129. The molecule has 1 fully saturated rings. The van der Waals surface area contributed by atoms with Crippen LogP contribution in [0.1, 0.15) is 18.5 Å². The third-order valence-electron chi connectivity index (χ3n) is 2.92. The van der Waals surface area contributed by atoms with Gasteiger partial charge in [0.25, 0.3) is 0 Å². The molecule has 1 radical (unpaired) electrons. The van der Waals surface area contributed by atoms with Gasteiger partial charge in [-0.3, -0.25) is 5.73 Å². The smallest absolute Gasteiger partial charge is 0.356 e. The summed E-state index contributed by atoms with van der Waals surface area (Å²) in [5, 5.41) is -0.387. The van der Waals surface area contributed by atoms with E-state index in [1.54, 1.807) is 4.90 Å². The fourth-order valence-corrected chi connectivity index (χ4v) is 2.13. The number of pyridine rings is 1. The van der Waals surface area contributed by atoms with Gasteiger partial charge in [-0.25, -0.2) is 4.98 Å². The van der Waals surface area contributed by atoms with Crippen molar-refractivity contribution in [2.24, 2.45) is 0 Å². The largest absolute Gasteiger partial charge is 0.434 e. The maximum Gasteiger partial charge on any atom is 0.434 e. The van der Waals surface area contributed by atoms with Gasteiger partial charge < -0.3 is 4.90 Å². The van der Waals surface area contributed by atoms with E-state index in [0.29, 0.717) is 25.9 Å². The lowest BCUT2D eigenvalue weighted by molar-refractivity contribution is -0.141. The van der Waals surface area contributed by atoms with Crippen LogP contribution in [-0.4, -0.2) is 24.1 Å². The quantitative estimate of drug-likeness (QED) is 0.792. The fourth-order valence-electron chi connectivity index (χ4n) is 1.92. The van der Waals surface area contributed by atoms with Crippen LogP contribution >= 0.6 is 11.6 Å². The Kier molecular flexibility index (Phi) is 3.68. The Morgan fingerprint density at radius 3 is 2.44 bits per heavy atom. The summed E-state index contributed by atoms with van der Waals surface area (Å²) < 4.78 is 38.0. The molecule has 0 amide bonds. The summed E-state index contributed by atoms with van der Waals surface area (Å²) in [6.45, 7) is 1.11. The molecule has 7 heteroatoms. The topological polar surface area (TPSA) is 39.9 Å². The predicted molar refractivity (Wildman–Crippen MR) is 62.6 cm³/mol. The number of piperidine rings is 1. The summed E-state index contributed by atoms with van der Waals surface area (Å²) in [5.74, 6) is 0.277. The van der Waals surface area contributed by atoms with Crippen molar-refractivity contribution in [1.29, 1.82) is 0 Å². The molecule has 1 N–H and O–H groups in total. The van der Waals surface area contributed by atoms with Gasteiger partial charge in [-0.1, -0.05) is 11.6 Å². The number of halogens is 4. The van der Waals surface area contributed by atoms with Gasteiger partial charge >= 0.3 is 6.18 Å². The second-order valence-electron chi connectivity index (χ2n) is 4.26. The standard InChI is InChI=1S/C11H12ClF3N3/c12-8-1-2-9(17-10(8)11(13,14)15)18-5-3-7(16)4-6-18/h1-2,7,16H,3-6H2. The summed E-state index contributed by atoms with van der Waals surface area (Å²) in [5.41, 5.74) is 6.51. The second-order valence-corrected chi connectivity index (χ2v) is 4.67. The molecular weight excluding hydrogens is 267 g/mol. The van der Waals surface area contributed by atoms with Crippen molar-refractivity contribution in [2.75, 3.05) is 18.0 Å². The first-order valence-corrected chi connectivity index (χ1v) is 5.95. The zero-order valence-electron chi connectivity index (χ0n) is 9.47. The normalized spacial score (nSPS) is 18.2. The number of aromatic nitrogens is 1. The summed E-state index contributed by atoms with van der Waals surface area (Å²) in [7, 11) is 0. The number of hydrogen-bond donors (Lipinski definition) is 0. The van der Waals surface area contributed by atoms with Crippen LogP contribution in [0.25, 0.3) is 0 Å². The average Bonchev–Trinajstić information content (AvgIpc) is 2.29. The average molecular weight is 279 g/mol. The highest BCUT2D eigenvalue weighted by Gasteiger charge is 2.36. The van der Waals surface area contributed by atoms with Crippen molar-refractivity contribution < 1.29 is 13.2 Å². The number of rotatable bonds is 1. The molecule has 2 heterocycles. The van der Waals surface area contributed by atoms with Crippen LogP contribution in [-0.2, 0) is 6.18 Å². The first-order valence-electron chi connectivity index (χ1n) is 5.58. The van der Waals surface area contributed by atoms with Crippen LogP contribution in [0.3, 0.4) is 0 Å². The molecule has 0 bridgehead atoms. The van der Waals surface area contributed by atoms with Crippen LogP contribution in [0.2, 0.25) is 5.02 Å². The summed E-state index contributed by atoms with van der Waals surface area (Å²) >= 11 is 5.51. The molecule has 99 valence electrons. The highest BCUT2D eigenvalue weighted by Crippen LogP contribution is 2.34. The summed E-state index contributed by atoms with van der Waals surface area (Å²) in [6, 6.07) is 2.58. The summed E-state index contributed by atoms with van der Waals surface area (Å²) in [4.78, 5) is 5.36. The maximum atomic E-state index is 12.7. The number of alkyl halides is 3. The van der Waals surface area contributed by atoms with Gasteiger partial charge in [0, 0.05) is 19.1 Å². The molecule has 0 aliphatic carbocycles. The zero-order valence-corrected chi connectivity index (χ0v) is 10.2. The Morgan fingerprint density at radius 2 is 1.89 bits per heavy atom. The van der Waals surface area contributed by atoms with E-state index < -0.39 is 11.9 Å². The third kappa shape index (κ3) is 2.87. The molecule has 18 heavy (non-hydrogen) atoms. The lowest BCUT2D eigenvalue weighted by atomic mass is 10.1. The van der Waals surface area contributed by atoms with E-state index in [4.69, 9.17) is 17.3 Å². The summed E-state index contributed by atoms with van der Waals surface area (Å²) in [6.07, 6.45) is -3.25. The van der Waals surface area contributed by atoms with E-state index in [-0.39, 0.29) is 16.9 Å². The molecule has 1 aromatic heterocycles. The molecule has 0 atom stereocenters. The highest BCUT2D eigenvalue weighted by molar-refractivity contribution is 6.31. The van der Waals surface area contributed by atoms with Gasteiger partial charge in [0.05, 0.1) is 5.02 Å². The monoisotopic (exact) mass is 278 g/mol. The van der Waals surface area contributed by atoms with Gasteiger partial charge in [-0.05, 0) is 25.0 Å². The van der Waals surface area contributed by atoms with Crippen molar-refractivity contribution in [1.82, 2.24) is 10.7 Å². The molecule has 3 nitrogen and oxygen atoms in total. The molecule has 0 aromatic carbocycles. The SMILES string of the molecule is [NH]C1CCN(c2ccc(Cl)c(C(F)(F)F)n2)CC1. The number of nitrogens with one attached hydrogen (secondary N) is 1. The highest BCUT2D eigenvalue weighted by atomic mass is 35.5. The molecule has 1 aliphatic heterocycles. The van der Waals surface area contributed by atoms with E-state index >= 15 is 0 Å². The van der Waals surface area contributed by atoms with E-state index in [9.17, 15) is 13.2 Å². The fraction of sp³-hybridized carbons (Fsp3) is 0.545. The van der Waals surface area contributed by atoms with Gasteiger partial charge in [0.2, 0.25) is 0 Å². The Bertz CT molecular complexity index is 428. The Morgan fingerprint density at radius 1 is 1.28 bits per heavy atom. The third-order valence-corrected chi connectivity index (χ3v) is 3.22. The molecule has 2 rings (SSSR count). The van der Waals surface area contributed by atoms with E-state index in [2.05, 4.69) is 4.98 Å². The van der Waals surface area contributed by atoms with Crippen LogP contribution < -0.4 is 10.6 Å². The van der Waals surface area contributed by atoms with E-state index in [1.807, 2.05) is 0 Å². The van der Waals surface area contributed by atoms with Crippen LogP contribution in [0, 0.1) is 0 Å². The number of hydrogen-bond acceptors (Lipinski definition) is 2. The van der Waals surface area contributed by atoms with Crippen molar-refractivity contribution in [3.63, 3.8) is 0 Å². The zero-order chi connectivity index (χ0) is 13.3. The van der Waals surface area contributed by atoms with Crippen molar-refractivity contribution in [2.45, 2.75) is 25.1 Å². The van der Waals surface area contributed by atoms with Crippen molar-refractivity contribution >= 4 is 17.4 Å². The predicted octanol–water partition coefficient (Wildman–Crippen LogP) is 3.01. The molecule has 1 saturated heterocycles. The van der Waals surface area contributed by atoms with Gasteiger partial charge in [-0.2, -0.15) is 13.2 Å². The van der Waals surface area contributed by atoms with Crippen LogP contribution in [0.15, 0.2) is 12.1 Å². The van der Waals surface area contributed by atoms with E-state index in [0.717, 1.165) is 0 Å². The minimum atomic E-state index is -4.54. The molecule has 0 spiro atoms. The minimum Gasteiger partial charge on any atom is -0.356 e. The second kappa shape index (κ2) is 4.93. The Labute approximate surface area is 108 Å². The molecular formula is C11H12ClF3N3. The molecule has 1 aliphatic rings. The van der Waals surface area contributed by atoms with Crippen LogP contribution in [0.5, 0.6) is 0 Å². The van der Waals surface area contributed by atoms with Crippen molar-refractivity contribution in [3.8, 4) is 0 Å². The first kappa shape index (κ1) is 13.4. The molecule has 0 unspecified atom stereocenters.